The lowest BCUT2D eigenvalue weighted by atomic mass is 9.97. The molecule has 0 radical (unpaired) electrons. The van der Waals surface area contributed by atoms with Crippen LogP contribution in [0.3, 0.4) is 0 Å². The van der Waals surface area contributed by atoms with Gasteiger partial charge in [0.2, 0.25) is 0 Å². The fourth-order valence-electron chi connectivity index (χ4n) is 1.91. The van der Waals surface area contributed by atoms with E-state index in [1.807, 2.05) is 13.8 Å². The van der Waals surface area contributed by atoms with Gasteiger partial charge in [0.25, 0.3) is 0 Å². The minimum absolute atomic E-state index is 0.208. The average Bonchev–Trinajstić information content (AvgIpc) is 2.36. The molecule has 0 heterocycles. The number of aryl methyl sites for hydroxylation is 2. The van der Waals surface area contributed by atoms with E-state index in [0.717, 1.165) is 11.1 Å². The van der Waals surface area contributed by atoms with Gasteiger partial charge in [0, 0.05) is 16.1 Å². The second-order valence-corrected chi connectivity index (χ2v) is 5.77. The van der Waals surface area contributed by atoms with Crippen molar-refractivity contribution < 1.29 is 9.50 Å². The van der Waals surface area contributed by atoms with E-state index < -0.39 is 11.9 Å². The summed E-state index contributed by atoms with van der Waals surface area (Å²) < 4.78 is 14.3. The fourth-order valence-corrected chi connectivity index (χ4v) is 2.62. The van der Waals surface area contributed by atoms with Crippen molar-refractivity contribution >= 4 is 27.5 Å². The van der Waals surface area contributed by atoms with Crippen LogP contribution in [0.25, 0.3) is 0 Å². The Morgan fingerprint density at radius 2 is 1.79 bits per heavy atom. The van der Waals surface area contributed by atoms with Gasteiger partial charge in [0.1, 0.15) is 11.9 Å². The number of aliphatic hydroxyl groups is 1. The van der Waals surface area contributed by atoms with E-state index in [1.54, 1.807) is 30.3 Å². The van der Waals surface area contributed by atoms with Gasteiger partial charge in [-0.05, 0) is 53.0 Å². The Bertz CT molecular complexity index is 628. The van der Waals surface area contributed by atoms with Crippen molar-refractivity contribution in [3.63, 3.8) is 0 Å². The molecule has 2 rings (SSSR count). The quantitative estimate of drug-likeness (QED) is 0.819. The molecule has 1 nitrogen and oxygen atoms in total. The molecule has 0 amide bonds. The lowest BCUT2D eigenvalue weighted by molar-refractivity contribution is 0.215. The first kappa shape index (κ1) is 14.5. The van der Waals surface area contributed by atoms with Gasteiger partial charge >= 0.3 is 0 Å². The maximum Gasteiger partial charge on any atom is 0.143 e. The summed E-state index contributed by atoms with van der Waals surface area (Å²) >= 11 is 9.26. The number of hydrogen-bond donors (Lipinski definition) is 1. The predicted molar refractivity (Wildman–Crippen MR) is 79.1 cm³/mol. The van der Waals surface area contributed by atoms with Crippen molar-refractivity contribution in [1.82, 2.24) is 0 Å². The van der Waals surface area contributed by atoms with E-state index in [9.17, 15) is 9.50 Å². The highest BCUT2D eigenvalue weighted by Crippen LogP contribution is 2.33. The monoisotopic (exact) mass is 342 g/mol. The zero-order valence-electron chi connectivity index (χ0n) is 10.5. The zero-order chi connectivity index (χ0) is 14.2. The summed E-state index contributed by atoms with van der Waals surface area (Å²) in [6.45, 7) is 3.87. The van der Waals surface area contributed by atoms with Crippen LogP contribution < -0.4 is 0 Å². The van der Waals surface area contributed by atoms with Crippen molar-refractivity contribution in [2.75, 3.05) is 0 Å². The van der Waals surface area contributed by atoms with Crippen LogP contribution in [0.1, 0.15) is 28.4 Å². The number of benzene rings is 2. The molecular formula is C15H13BrClFO. The largest absolute Gasteiger partial charge is 0.383 e. The molecule has 0 aliphatic rings. The Hall–Kier alpha value is -0.900. The molecular weight excluding hydrogens is 331 g/mol. The first-order valence-corrected chi connectivity index (χ1v) is 6.97. The molecule has 1 atom stereocenters. The van der Waals surface area contributed by atoms with Gasteiger partial charge in [-0.25, -0.2) is 4.39 Å². The molecule has 0 bridgehead atoms. The minimum atomic E-state index is -1.08. The number of rotatable bonds is 2. The maximum absolute atomic E-state index is 14.0. The lowest BCUT2D eigenvalue weighted by Gasteiger charge is -2.16. The maximum atomic E-state index is 14.0. The van der Waals surface area contributed by atoms with E-state index >= 15 is 0 Å². The van der Waals surface area contributed by atoms with E-state index in [2.05, 4.69) is 15.9 Å². The molecule has 0 spiro atoms. The topological polar surface area (TPSA) is 20.2 Å². The summed E-state index contributed by atoms with van der Waals surface area (Å²) in [4.78, 5) is 0. The van der Waals surface area contributed by atoms with Gasteiger partial charge in [-0.1, -0.05) is 29.8 Å². The molecule has 0 aliphatic carbocycles. The highest BCUT2D eigenvalue weighted by atomic mass is 79.9. The molecule has 2 aromatic carbocycles. The summed E-state index contributed by atoms with van der Waals surface area (Å²) in [5, 5.41) is 10.8. The Morgan fingerprint density at radius 3 is 2.47 bits per heavy atom. The first-order chi connectivity index (χ1) is 8.91. The molecule has 0 saturated heterocycles. The third kappa shape index (κ3) is 2.83. The van der Waals surface area contributed by atoms with E-state index in [-0.39, 0.29) is 5.56 Å². The standard InChI is InChI=1S/C15H13BrClFO/c1-8-6-11(13(17)7-9(8)2)15(19)10-4-3-5-12(16)14(10)18/h3-7,15,19H,1-2H3. The average molecular weight is 344 g/mol. The lowest BCUT2D eigenvalue weighted by Crippen LogP contribution is -2.04. The predicted octanol–water partition coefficient (Wildman–Crippen LogP) is 4.94. The molecule has 0 aliphatic heterocycles. The minimum Gasteiger partial charge on any atom is -0.383 e. The van der Waals surface area contributed by atoms with Gasteiger partial charge in [-0.3, -0.25) is 0 Å². The molecule has 19 heavy (non-hydrogen) atoms. The van der Waals surface area contributed by atoms with Crippen LogP contribution in [-0.2, 0) is 0 Å². The van der Waals surface area contributed by atoms with Gasteiger partial charge in [-0.2, -0.15) is 0 Å². The van der Waals surface area contributed by atoms with Crippen LogP contribution >= 0.6 is 27.5 Å². The number of hydrogen-bond acceptors (Lipinski definition) is 1. The van der Waals surface area contributed by atoms with Gasteiger partial charge in [0.05, 0.1) is 4.47 Å². The first-order valence-electron chi connectivity index (χ1n) is 5.80. The molecule has 2 aromatic rings. The van der Waals surface area contributed by atoms with Crippen LogP contribution in [0.5, 0.6) is 0 Å². The Kier molecular flexibility index (Phi) is 4.29. The summed E-state index contributed by atoms with van der Waals surface area (Å²) in [6, 6.07) is 8.40. The van der Waals surface area contributed by atoms with Crippen LogP contribution in [0.4, 0.5) is 4.39 Å². The van der Waals surface area contributed by atoms with E-state index in [1.165, 1.54) is 0 Å². The van der Waals surface area contributed by atoms with Crippen molar-refractivity contribution in [2.45, 2.75) is 20.0 Å². The van der Waals surface area contributed by atoms with Gasteiger partial charge < -0.3 is 5.11 Å². The molecule has 1 unspecified atom stereocenters. The third-order valence-electron chi connectivity index (χ3n) is 3.18. The molecule has 100 valence electrons. The third-order valence-corrected chi connectivity index (χ3v) is 4.12. The summed E-state index contributed by atoms with van der Waals surface area (Å²) in [5.74, 6) is -0.468. The van der Waals surface area contributed by atoms with Crippen LogP contribution in [0.15, 0.2) is 34.8 Å². The highest BCUT2D eigenvalue weighted by Gasteiger charge is 2.19. The molecule has 0 fully saturated rings. The van der Waals surface area contributed by atoms with Crippen LogP contribution in [-0.4, -0.2) is 5.11 Å². The van der Waals surface area contributed by atoms with Crippen LogP contribution in [0, 0.1) is 19.7 Å². The van der Waals surface area contributed by atoms with E-state index in [0.29, 0.717) is 15.1 Å². The molecule has 0 saturated carbocycles. The summed E-state index contributed by atoms with van der Waals surface area (Å²) in [7, 11) is 0. The van der Waals surface area contributed by atoms with E-state index in [4.69, 9.17) is 11.6 Å². The zero-order valence-corrected chi connectivity index (χ0v) is 12.9. The second-order valence-electron chi connectivity index (χ2n) is 4.50. The highest BCUT2D eigenvalue weighted by molar-refractivity contribution is 9.10. The Morgan fingerprint density at radius 1 is 1.16 bits per heavy atom. The SMILES string of the molecule is Cc1cc(Cl)c(C(O)c2cccc(Br)c2F)cc1C. The number of aliphatic hydroxyl groups excluding tert-OH is 1. The normalized spacial score (nSPS) is 12.5. The van der Waals surface area contributed by atoms with Crippen LogP contribution in [0.2, 0.25) is 5.02 Å². The van der Waals surface area contributed by atoms with Crippen molar-refractivity contribution in [1.29, 1.82) is 0 Å². The fraction of sp³-hybridized carbons (Fsp3) is 0.200. The molecule has 4 heteroatoms. The van der Waals surface area contributed by atoms with Crippen molar-refractivity contribution in [3.05, 3.63) is 67.9 Å². The second kappa shape index (κ2) is 5.61. The summed E-state index contributed by atoms with van der Waals surface area (Å²) in [6.07, 6.45) is -1.08. The number of halogens is 3. The Labute approximate surface area is 125 Å². The molecule has 1 N–H and O–H groups in total. The van der Waals surface area contributed by atoms with Crippen molar-refractivity contribution in [3.8, 4) is 0 Å². The smallest absolute Gasteiger partial charge is 0.143 e. The van der Waals surface area contributed by atoms with Gasteiger partial charge in [-0.15, -0.1) is 0 Å². The van der Waals surface area contributed by atoms with Gasteiger partial charge in [0.15, 0.2) is 0 Å². The van der Waals surface area contributed by atoms with Crippen molar-refractivity contribution in [2.24, 2.45) is 0 Å². The molecule has 0 aromatic heterocycles. The Balaban J connectivity index is 2.53. The summed E-state index contributed by atoms with van der Waals surface area (Å²) in [5.41, 5.74) is 2.77.